The molecule has 9 heteroatoms. The number of anilines is 2. The van der Waals surface area contributed by atoms with Gasteiger partial charge in [-0.1, -0.05) is 24.3 Å². The number of hydrogen-bond acceptors (Lipinski definition) is 7. The van der Waals surface area contributed by atoms with Crippen molar-refractivity contribution in [3.05, 3.63) is 71.8 Å². The zero-order valence-electron chi connectivity index (χ0n) is 16.7. The van der Waals surface area contributed by atoms with E-state index in [1.165, 1.54) is 0 Å². The Morgan fingerprint density at radius 3 is 2.52 bits per heavy atom. The molecule has 1 aliphatic heterocycles. The number of hydrogen-bond donors (Lipinski definition) is 1. The number of nitrogens with two attached hydrogens (primary N) is 1. The van der Waals surface area contributed by atoms with Crippen LogP contribution in [-0.2, 0) is 20.3 Å². The van der Waals surface area contributed by atoms with E-state index >= 15 is 0 Å². The maximum atomic E-state index is 13.3. The third-order valence-electron chi connectivity index (χ3n) is 5.03. The average Bonchev–Trinajstić information content (AvgIpc) is 2.79. The predicted octanol–water partition coefficient (Wildman–Crippen LogP) is 3.09. The van der Waals surface area contributed by atoms with Crippen LogP contribution in [0.1, 0.15) is 5.56 Å². The van der Waals surface area contributed by atoms with Crippen LogP contribution in [0.4, 0.5) is 17.3 Å². The van der Waals surface area contributed by atoms with Gasteiger partial charge in [-0.25, -0.2) is 23.2 Å². The van der Waals surface area contributed by atoms with Crippen LogP contribution >= 0.6 is 0 Å². The third-order valence-corrected chi connectivity index (χ3v) is 6.70. The molecule has 0 bridgehead atoms. The van der Waals surface area contributed by atoms with Crippen molar-refractivity contribution in [3.8, 4) is 11.1 Å². The van der Waals surface area contributed by atoms with Crippen molar-refractivity contribution >= 4 is 27.2 Å². The summed E-state index contributed by atoms with van der Waals surface area (Å²) in [5, 5.41) is 0. The standard InChI is InChI=1S/C22H21N5O3S/c1-24-19-4-2-3-16(9-19)15-31(28,29)21-11-17(18-13-25-22(23)26-14-18)10-20(12-21)27-5-7-30-8-6-27/h2-4,9-14H,5-8,15H2,(H2,23,25,26). The Balaban J connectivity index is 1.76. The topological polar surface area (TPSA) is 103 Å². The zero-order valence-corrected chi connectivity index (χ0v) is 17.5. The molecule has 0 saturated carbocycles. The normalized spacial score (nSPS) is 14.2. The molecule has 2 aromatic carbocycles. The lowest BCUT2D eigenvalue weighted by atomic mass is 10.1. The van der Waals surface area contributed by atoms with Gasteiger partial charge in [-0.2, -0.15) is 0 Å². The number of aromatic nitrogens is 2. The van der Waals surface area contributed by atoms with Crippen LogP contribution in [0.2, 0.25) is 0 Å². The molecule has 1 aromatic heterocycles. The SMILES string of the molecule is [C-]#[N+]c1cccc(CS(=O)(=O)c2cc(-c3cnc(N)nc3)cc(N3CCOCC3)c2)c1. The van der Waals surface area contributed by atoms with Crippen LogP contribution in [-0.4, -0.2) is 44.7 Å². The molecule has 1 aliphatic rings. The fourth-order valence-corrected chi connectivity index (χ4v) is 4.83. The summed E-state index contributed by atoms with van der Waals surface area (Å²) < 4.78 is 32.0. The highest BCUT2D eigenvalue weighted by molar-refractivity contribution is 7.90. The number of morpholine rings is 1. The van der Waals surface area contributed by atoms with Gasteiger partial charge < -0.3 is 15.4 Å². The number of benzene rings is 2. The van der Waals surface area contributed by atoms with E-state index in [4.69, 9.17) is 17.0 Å². The summed E-state index contributed by atoms with van der Waals surface area (Å²) in [6.07, 6.45) is 3.16. The van der Waals surface area contributed by atoms with Gasteiger partial charge in [-0.05, 0) is 29.3 Å². The molecular formula is C22H21N5O3S. The van der Waals surface area contributed by atoms with Gasteiger partial charge in [0.25, 0.3) is 0 Å². The van der Waals surface area contributed by atoms with Crippen molar-refractivity contribution in [2.75, 3.05) is 36.9 Å². The minimum atomic E-state index is -3.66. The summed E-state index contributed by atoms with van der Waals surface area (Å²) >= 11 is 0. The maximum absolute atomic E-state index is 13.3. The van der Waals surface area contributed by atoms with Crippen molar-refractivity contribution in [3.63, 3.8) is 0 Å². The molecule has 0 unspecified atom stereocenters. The van der Waals surface area contributed by atoms with Crippen molar-refractivity contribution in [2.24, 2.45) is 0 Å². The Morgan fingerprint density at radius 1 is 1.06 bits per heavy atom. The highest BCUT2D eigenvalue weighted by Crippen LogP contribution is 2.31. The van der Waals surface area contributed by atoms with E-state index in [2.05, 4.69) is 19.7 Å². The van der Waals surface area contributed by atoms with Gasteiger partial charge in [0.1, 0.15) is 0 Å². The van der Waals surface area contributed by atoms with Gasteiger partial charge in [0.05, 0.1) is 30.4 Å². The first kappa shape index (κ1) is 20.8. The molecule has 0 amide bonds. The van der Waals surface area contributed by atoms with E-state index in [9.17, 15) is 8.42 Å². The molecule has 2 heterocycles. The highest BCUT2D eigenvalue weighted by atomic mass is 32.2. The predicted molar refractivity (Wildman–Crippen MR) is 119 cm³/mol. The fourth-order valence-electron chi connectivity index (χ4n) is 3.44. The van der Waals surface area contributed by atoms with Gasteiger partial charge in [-0.3, -0.25) is 0 Å². The van der Waals surface area contributed by atoms with Crippen LogP contribution in [0.3, 0.4) is 0 Å². The smallest absolute Gasteiger partial charge is 0.219 e. The summed E-state index contributed by atoms with van der Waals surface area (Å²) in [7, 11) is -3.66. The first-order valence-electron chi connectivity index (χ1n) is 9.69. The molecule has 8 nitrogen and oxygen atoms in total. The minimum absolute atomic E-state index is 0.153. The second-order valence-electron chi connectivity index (χ2n) is 7.19. The van der Waals surface area contributed by atoms with Crippen LogP contribution in [0.15, 0.2) is 59.8 Å². The Bertz CT molecular complexity index is 1230. The molecule has 1 fully saturated rings. The lowest BCUT2D eigenvalue weighted by molar-refractivity contribution is 0.122. The lowest BCUT2D eigenvalue weighted by Crippen LogP contribution is -2.36. The fraction of sp³-hybridized carbons (Fsp3) is 0.227. The first-order valence-corrected chi connectivity index (χ1v) is 11.3. The number of nitrogens with zero attached hydrogens (tertiary/aromatic N) is 4. The molecule has 3 aromatic rings. The molecule has 1 saturated heterocycles. The molecular weight excluding hydrogens is 414 g/mol. The minimum Gasteiger partial charge on any atom is -0.378 e. The van der Waals surface area contributed by atoms with Gasteiger partial charge in [0.2, 0.25) is 5.95 Å². The summed E-state index contributed by atoms with van der Waals surface area (Å²) in [5.41, 5.74) is 8.75. The summed E-state index contributed by atoms with van der Waals surface area (Å²) in [5.74, 6) is -0.0405. The molecule has 158 valence electrons. The van der Waals surface area contributed by atoms with E-state index < -0.39 is 9.84 Å². The van der Waals surface area contributed by atoms with Crippen LogP contribution < -0.4 is 10.6 Å². The van der Waals surface area contributed by atoms with Crippen LogP contribution in [0.5, 0.6) is 0 Å². The maximum Gasteiger partial charge on any atom is 0.219 e. The van der Waals surface area contributed by atoms with Crippen molar-refractivity contribution in [1.82, 2.24) is 9.97 Å². The molecule has 4 rings (SSSR count). The monoisotopic (exact) mass is 435 g/mol. The Kier molecular flexibility index (Phi) is 5.84. The van der Waals surface area contributed by atoms with Gasteiger partial charge in [0, 0.05) is 36.7 Å². The van der Waals surface area contributed by atoms with Crippen LogP contribution in [0, 0.1) is 6.57 Å². The van der Waals surface area contributed by atoms with E-state index in [1.54, 1.807) is 48.8 Å². The number of nitrogen functional groups attached to an aromatic ring is 1. The number of sulfone groups is 1. The van der Waals surface area contributed by atoms with Crippen LogP contribution in [0.25, 0.3) is 16.0 Å². The Hall–Kier alpha value is -3.48. The number of ether oxygens (including phenoxy) is 1. The van der Waals surface area contributed by atoms with Gasteiger partial charge in [0.15, 0.2) is 15.5 Å². The molecule has 2 N–H and O–H groups in total. The summed E-state index contributed by atoms with van der Waals surface area (Å²) in [6.45, 7) is 9.67. The highest BCUT2D eigenvalue weighted by Gasteiger charge is 2.21. The Morgan fingerprint density at radius 2 is 1.81 bits per heavy atom. The largest absolute Gasteiger partial charge is 0.378 e. The quantitative estimate of drug-likeness (QED) is 0.614. The molecule has 0 atom stereocenters. The number of rotatable bonds is 5. The second kappa shape index (κ2) is 8.71. The van der Waals surface area contributed by atoms with E-state index in [0.29, 0.717) is 48.7 Å². The summed E-state index contributed by atoms with van der Waals surface area (Å²) in [6, 6.07) is 11.9. The molecule has 0 spiro atoms. The van der Waals surface area contributed by atoms with Crippen molar-refractivity contribution in [2.45, 2.75) is 10.6 Å². The Labute approximate surface area is 181 Å². The van der Waals surface area contributed by atoms with Crippen molar-refractivity contribution < 1.29 is 13.2 Å². The first-order chi connectivity index (χ1) is 14.9. The van der Waals surface area contributed by atoms with E-state index in [1.807, 2.05) is 6.07 Å². The molecule has 0 aliphatic carbocycles. The third kappa shape index (κ3) is 4.82. The van der Waals surface area contributed by atoms with Crippen molar-refractivity contribution in [1.29, 1.82) is 0 Å². The zero-order chi connectivity index (χ0) is 21.8. The van der Waals surface area contributed by atoms with Gasteiger partial charge >= 0.3 is 0 Å². The lowest BCUT2D eigenvalue weighted by Gasteiger charge is -2.29. The van der Waals surface area contributed by atoms with E-state index in [0.717, 1.165) is 5.69 Å². The molecule has 31 heavy (non-hydrogen) atoms. The second-order valence-corrected chi connectivity index (χ2v) is 9.18. The van der Waals surface area contributed by atoms with Gasteiger partial charge in [-0.15, -0.1) is 0 Å². The molecule has 0 radical (unpaired) electrons. The average molecular weight is 436 g/mol. The summed E-state index contributed by atoms with van der Waals surface area (Å²) in [4.78, 5) is 13.8. The van der Waals surface area contributed by atoms with E-state index in [-0.39, 0.29) is 16.6 Å².